The first kappa shape index (κ1) is 17.7. The molecular formula is C22H24N4S. The Hall–Kier alpha value is -2.66. The Morgan fingerprint density at radius 2 is 1.85 bits per heavy atom. The number of hydrogen-bond acceptors (Lipinski definition) is 2. The van der Waals surface area contributed by atoms with Gasteiger partial charge in [0.25, 0.3) is 0 Å². The van der Waals surface area contributed by atoms with Gasteiger partial charge in [0.15, 0.2) is 5.11 Å². The molecule has 2 aromatic heterocycles. The van der Waals surface area contributed by atoms with Gasteiger partial charge in [-0.05, 0) is 80.5 Å². The van der Waals surface area contributed by atoms with Gasteiger partial charge in [0, 0.05) is 30.3 Å². The van der Waals surface area contributed by atoms with E-state index < -0.39 is 0 Å². The topological polar surface area (TPSA) is 33.1 Å². The van der Waals surface area contributed by atoms with Crippen LogP contribution in [0.3, 0.4) is 0 Å². The van der Waals surface area contributed by atoms with Crippen LogP contribution in [-0.2, 0) is 6.54 Å². The van der Waals surface area contributed by atoms with Gasteiger partial charge in [-0.3, -0.25) is 4.98 Å². The molecule has 3 aromatic rings. The number of benzene rings is 1. The number of aryl methyl sites for hydroxylation is 3. The van der Waals surface area contributed by atoms with Crippen molar-refractivity contribution in [1.29, 1.82) is 0 Å². The van der Waals surface area contributed by atoms with Crippen LogP contribution in [0.2, 0.25) is 0 Å². The van der Waals surface area contributed by atoms with Crippen molar-refractivity contribution in [3.05, 3.63) is 83.4 Å². The zero-order valence-corrected chi connectivity index (χ0v) is 16.7. The molecule has 1 aliphatic rings. The molecule has 0 saturated carbocycles. The summed E-state index contributed by atoms with van der Waals surface area (Å²) in [5.74, 6) is 0. The third-order valence-electron chi connectivity index (χ3n) is 5.09. The highest BCUT2D eigenvalue weighted by molar-refractivity contribution is 7.80. The summed E-state index contributed by atoms with van der Waals surface area (Å²) in [4.78, 5) is 6.86. The number of hydrogen-bond donors (Lipinski definition) is 1. The van der Waals surface area contributed by atoms with Crippen LogP contribution in [0.4, 0.5) is 5.69 Å². The smallest absolute Gasteiger partial charge is 0.174 e. The summed E-state index contributed by atoms with van der Waals surface area (Å²) in [6.45, 7) is 7.34. The Morgan fingerprint density at radius 3 is 2.52 bits per heavy atom. The van der Waals surface area contributed by atoms with Crippen LogP contribution in [0.5, 0.6) is 0 Å². The van der Waals surface area contributed by atoms with Crippen LogP contribution in [0.25, 0.3) is 0 Å². The fourth-order valence-electron chi connectivity index (χ4n) is 4.01. The highest BCUT2D eigenvalue weighted by Crippen LogP contribution is 2.41. The molecule has 1 aromatic carbocycles. The number of thiocarbonyl (C=S) groups is 1. The molecule has 4 rings (SSSR count). The molecule has 2 atom stereocenters. The Balaban J connectivity index is 1.87. The summed E-state index contributed by atoms with van der Waals surface area (Å²) >= 11 is 5.79. The molecule has 0 radical (unpaired) electrons. The van der Waals surface area contributed by atoms with E-state index in [-0.39, 0.29) is 12.1 Å². The molecule has 4 nitrogen and oxygen atoms in total. The average Bonchev–Trinajstić information content (AvgIpc) is 3.25. The van der Waals surface area contributed by atoms with Gasteiger partial charge in [0.05, 0.1) is 11.7 Å². The highest BCUT2D eigenvalue weighted by atomic mass is 32.1. The van der Waals surface area contributed by atoms with Crippen molar-refractivity contribution in [3.8, 4) is 0 Å². The van der Waals surface area contributed by atoms with Crippen LogP contribution < -0.4 is 10.2 Å². The van der Waals surface area contributed by atoms with E-state index in [1.807, 2.05) is 18.3 Å². The van der Waals surface area contributed by atoms with E-state index in [9.17, 15) is 0 Å². The summed E-state index contributed by atoms with van der Waals surface area (Å²) in [6.07, 6.45) is 3.97. The molecule has 1 aliphatic heterocycles. The first-order valence-corrected chi connectivity index (χ1v) is 9.73. The summed E-state index contributed by atoms with van der Waals surface area (Å²) in [6, 6.07) is 17.0. The molecule has 5 heteroatoms. The SMILES string of the molecule is CCn1cccc1[C@H]1[C@H](c2ccccn2)NC(=S)N1c1cc(C)cc(C)c1. The lowest BCUT2D eigenvalue weighted by molar-refractivity contribution is 0.529. The number of rotatable bonds is 4. The summed E-state index contributed by atoms with van der Waals surface area (Å²) < 4.78 is 2.28. The maximum Gasteiger partial charge on any atom is 0.174 e. The predicted molar refractivity (Wildman–Crippen MR) is 114 cm³/mol. The van der Waals surface area contributed by atoms with Gasteiger partial charge in [-0.25, -0.2) is 0 Å². The standard InChI is InChI=1S/C22H24N4S/c1-4-25-11-7-9-19(25)21-20(18-8-5-6-10-23-18)24-22(27)26(21)17-13-15(2)12-16(3)14-17/h5-14,20-21H,4H2,1-3H3,(H,24,27)/t20-,21-/m0/s1. The molecule has 1 N–H and O–H groups in total. The lowest BCUT2D eigenvalue weighted by Crippen LogP contribution is -2.30. The van der Waals surface area contributed by atoms with Crippen molar-refractivity contribution < 1.29 is 0 Å². The van der Waals surface area contributed by atoms with Crippen LogP contribution in [0.15, 0.2) is 60.9 Å². The first-order chi connectivity index (χ1) is 13.1. The largest absolute Gasteiger partial charge is 0.351 e. The Labute approximate surface area is 165 Å². The second-order valence-electron chi connectivity index (χ2n) is 7.06. The van der Waals surface area contributed by atoms with E-state index in [0.717, 1.165) is 23.0 Å². The van der Waals surface area contributed by atoms with Gasteiger partial charge in [-0.15, -0.1) is 0 Å². The molecule has 138 valence electrons. The van der Waals surface area contributed by atoms with Gasteiger partial charge >= 0.3 is 0 Å². The van der Waals surface area contributed by atoms with Crippen LogP contribution in [-0.4, -0.2) is 14.7 Å². The van der Waals surface area contributed by atoms with Gasteiger partial charge in [0.2, 0.25) is 0 Å². The molecular weight excluding hydrogens is 352 g/mol. The van der Waals surface area contributed by atoms with Crippen LogP contribution in [0.1, 0.15) is 41.5 Å². The Kier molecular flexibility index (Phi) is 4.70. The summed E-state index contributed by atoms with van der Waals surface area (Å²) in [7, 11) is 0. The second kappa shape index (κ2) is 7.16. The predicted octanol–water partition coefficient (Wildman–Crippen LogP) is 4.70. The monoisotopic (exact) mass is 376 g/mol. The van der Waals surface area contributed by atoms with Crippen molar-refractivity contribution in [2.75, 3.05) is 4.90 Å². The molecule has 3 heterocycles. The van der Waals surface area contributed by atoms with E-state index in [0.29, 0.717) is 0 Å². The molecule has 1 saturated heterocycles. The Bertz CT molecular complexity index is 943. The molecule has 0 bridgehead atoms. The van der Waals surface area contributed by atoms with Gasteiger partial charge in [-0.2, -0.15) is 0 Å². The van der Waals surface area contributed by atoms with Crippen LogP contribution >= 0.6 is 12.2 Å². The molecule has 0 amide bonds. The molecule has 1 fully saturated rings. The van der Waals surface area contributed by atoms with Crippen LogP contribution in [0, 0.1) is 13.8 Å². The quantitative estimate of drug-likeness (QED) is 0.669. The minimum Gasteiger partial charge on any atom is -0.351 e. The molecule has 0 aliphatic carbocycles. The van der Waals surface area contributed by atoms with Gasteiger partial charge < -0.3 is 14.8 Å². The normalized spacial score (nSPS) is 19.4. The third-order valence-corrected chi connectivity index (χ3v) is 5.41. The molecule has 0 spiro atoms. The lowest BCUT2D eigenvalue weighted by atomic mass is 10.00. The van der Waals surface area contributed by atoms with E-state index in [2.05, 4.69) is 83.1 Å². The van der Waals surface area contributed by atoms with Crippen molar-refractivity contribution in [1.82, 2.24) is 14.9 Å². The number of pyridine rings is 1. The number of aromatic nitrogens is 2. The maximum absolute atomic E-state index is 5.79. The Morgan fingerprint density at radius 1 is 1.07 bits per heavy atom. The van der Waals surface area contributed by atoms with E-state index in [1.165, 1.54) is 16.8 Å². The van der Waals surface area contributed by atoms with E-state index in [1.54, 1.807) is 0 Å². The molecule has 27 heavy (non-hydrogen) atoms. The zero-order chi connectivity index (χ0) is 19.0. The maximum atomic E-state index is 5.79. The fourth-order valence-corrected chi connectivity index (χ4v) is 4.35. The third kappa shape index (κ3) is 3.23. The minimum absolute atomic E-state index is 0.000261. The number of nitrogens with one attached hydrogen (secondary N) is 1. The zero-order valence-electron chi connectivity index (χ0n) is 15.9. The summed E-state index contributed by atoms with van der Waals surface area (Å²) in [5, 5.41) is 4.27. The van der Waals surface area contributed by atoms with E-state index in [4.69, 9.17) is 12.2 Å². The van der Waals surface area contributed by atoms with Crippen molar-refractivity contribution in [2.24, 2.45) is 0 Å². The fraction of sp³-hybridized carbons (Fsp3) is 0.273. The first-order valence-electron chi connectivity index (χ1n) is 9.32. The van der Waals surface area contributed by atoms with E-state index >= 15 is 0 Å². The van der Waals surface area contributed by atoms with Crippen molar-refractivity contribution >= 4 is 23.0 Å². The van der Waals surface area contributed by atoms with Crippen molar-refractivity contribution in [3.63, 3.8) is 0 Å². The van der Waals surface area contributed by atoms with Gasteiger partial charge in [-0.1, -0.05) is 12.1 Å². The van der Waals surface area contributed by atoms with Gasteiger partial charge in [0.1, 0.15) is 6.04 Å². The highest BCUT2D eigenvalue weighted by Gasteiger charge is 2.41. The van der Waals surface area contributed by atoms with Crippen molar-refractivity contribution in [2.45, 2.75) is 39.4 Å². The molecule has 0 unspecified atom stereocenters. The second-order valence-corrected chi connectivity index (χ2v) is 7.45. The summed E-state index contributed by atoms with van der Waals surface area (Å²) in [5.41, 5.74) is 5.83. The lowest BCUT2D eigenvalue weighted by Gasteiger charge is -2.29. The number of nitrogens with zero attached hydrogens (tertiary/aromatic N) is 3. The average molecular weight is 377 g/mol. The minimum atomic E-state index is -0.000261. The number of anilines is 1.